The topological polar surface area (TPSA) is 12.2 Å². The largest absolute Gasteiger partial charge is 0.308 e. The van der Waals surface area contributed by atoms with Gasteiger partial charge in [0.25, 0.3) is 0 Å². The van der Waals surface area contributed by atoms with E-state index in [-0.39, 0.29) is 11.0 Å². The van der Waals surface area contributed by atoms with Crippen LogP contribution in [0.1, 0.15) is 43.4 Å². The van der Waals surface area contributed by atoms with Gasteiger partial charge < -0.3 is 4.40 Å². The van der Waals surface area contributed by atoms with Crippen molar-refractivity contribution < 1.29 is 9.13 Å². The Kier molecular flexibility index (Phi) is 5.91. The number of thiophene rings is 1. The first kappa shape index (κ1) is 30.6. The lowest BCUT2D eigenvalue weighted by Crippen LogP contribution is -2.68. The number of benzene rings is 5. The molecule has 0 aliphatic carbocycles. The van der Waals surface area contributed by atoms with Crippen LogP contribution < -0.4 is 9.13 Å². The predicted molar refractivity (Wildman–Crippen MR) is 226 cm³/mol. The van der Waals surface area contributed by atoms with E-state index < -0.39 is 0 Å². The molecule has 10 aromatic rings. The average Bonchev–Trinajstić information content (AvgIpc) is 3.84. The summed E-state index contributed by atoms with van der Waals surface area (Å²) in [7, 11) is 0. The number of allylic oxidation sites excluding steroid dienone is 1. The molecule has 0 radical (unpaired) electrons. The first-order valence-corrected chi connectivity index (χ1v) is 20.0. The van der Waals surface area contributed by atoms with E-state index in [0.29, 0.717) is 0 Å². The van der Waals surface area contributed by atoms with Crippen LogP contribution in [0, 0.1) is 6.92 Å². The monoisotopic (exact) mass is 713 g/mol. The Morgan fingerprint density at radius 1 is 0.685 bits per heavy atom. The van der Waals surface area contributed by atoms with Crippen molar-refractivity contribution in [2.75, 3.05) is 0 Å². The second kappa shape index (κ2) is 10.4. The number of aromatic nitrogens is 3. The van der Waals surface area contributed by atoms with Crippen LogP contribution in [0.4, 0.5) is 0 Å². The van der Waals surface area contributed by atoms with Crippen molar-refractivity contribution in [3.05, 3.63) is 157 Å². The van der Waals surface area contributed by atoms with Crippen molar-refractivity contribution in [3.8, 4) is 22.5 Å². The molecular formula is C50H39N3S+2. The number of hydrogen-bond donors (Lipinski definition) is 0. The van der Waals surface area contributed by atoms with Crippen LogP contribution in [0.3, 0.4) is 0 Å². The van der Waals surface area contributed by atoms with E-state index >= 15 is 0 Å². The Labute approximate surface area is 318 Å². The lowest BCUT2D eigenvalue weighted by Gasteiger charge is -2.47. The van der Waals surface area contributed by atoms with Crippen molar-refractivity contribution in [1.82, 2.24) is 4.40 Å². The number of fused-ring (bicyclic) bond motifs is 19. The molecular weight excluding hydrogens is 675 g/mol. The van der Waals surface area contributed by atoms with Gasteiger partial charge in [0.05, 0.1) is 33.9 Å². The van der Waals surface area contributed by atoms with E-state index in [4.69, 9.17) is 6.58 Å². The SMILES string of the molecule is C=C1CC2(C)[n+]3cc(C)ccc3-c3cc4c5c6c(cc7c8ccccc8n(c4cc3C2(C)CCc2ccccc2-c2cccc[n+]21)c75)sc1ccccc16. The van der Waals surface area contributed by atoms with Crippen LogP contribution in [0.15, 0.2) is 140 Å². The molecule has 2 atom stereocenters. The highest BCUT2D eigenvalue weighted by Gasteiger charge is 2.59. The smallest absolute Gasteiger partial charge is 0.218 e. The summed E-state index contributed by atoms with van der Waals surface area (Å²) in [6.45, 7) is 12.2. The molecule has 7 heterocycles. The zero-order valence-corrected chi connectivity index (χ0v) is 31.6. The van der Waals surface area contributed by atoms with Gasteiger partial charge in [0.15, 0.2) is 23.6 Å². The number of nitrogens with zero attached hydrogens (tertiary/aromatic N) is 3. The Hall–Kier alpha value is -5.84. The summed E-state index contributed by atoms with van der Waals surface area (Å²) in [5.41, 5.74) is 13.7. The van der Waals surface area contributed by atoms with Crippen LogP contribution in [0.25, 0.3) is 86.5 Å². The quantitative estimate of drug-likeness (QED) is 0.139. The van der Waals surface area contributed by atoms with Gasteiger partial charge in [-0.05, 0) is 92.9 Å². The molecule has 0 bridgehead atoms. The van der Waals surface area contributed by atoms with Crippen molar-refractivity contribution in [2.45, 2.75) is 51.0 Å². The molecule has 4 heteroatoms. The molecule has 258 valence electrons. The van der Waals surface area contributed by atoms with E-state index in [2.05, 4.69) is 168 Å². The van der Waals surface area contributed by atoms with Crippen LogP contribution >= 0.6 is 11.3 Å². The molecule has 0 saturated carbocycles. The van der Waals surface area contributed by atoms with E-state index in [1.807, 2.05) is 11.3 Å². The van der Waals surface area contributed by atoms with E-state index in [1.165, 1.54) is 97.5 Å². The highest BCUT2D eigenvalue weighted by atomic mass is 32.1. The standard InChI is InChI=1S/C50H39N3S/c1-30-20-21-41-37-25-38-43(53-42-18-9-7-15-34(42)36-26-45-46(47(38)48(36)53)35-16-8-10-19-44(35)54-45)27-39(37)49(3)23-22-32-13-5-6-14-33(32)40-17-11-12-24-51(40)31(2)28-50(49,4)52(41)29-30/h5-21,24-27,29H,2,22-23,28H2,1,3-4H3/q+2. The number of aryl methyl sites for hydroxylation is 2. The van der Waals surface area contributed by atoms with Gasteiger partial charge >= 0.3 is 0 Å². The van der Waals surface area contributed by atoms with Gasteiger partial charge in [0, 0.05) is 78.0 Å². The molecule has 0 N–H and O–H groups in total. The summed E-state index contributed by atoms with van der Waals surface area (Å²) in [5.74, 6) is 0. The van der Waals surface area contributed by atoms with Crippen LogP contribution in [0.2, 0.25) is 0 Å². The Morgan fingerprint density at radius 3 is 2.39 bits per heavy atom. The van der Waals surface area contributed by atoms with Crippen molar-refractivity contribution in [1.29, 1.82) is 0 Å². The van der Waals surface area contributed by atoms with Crippen molar-refractivity contribution >= 4 is 75.3 Å². The van der Waals surface area contributed by atoms with E-state index in [1.54, 1.807) is 0 Å². The molecule has 2 aliphatic heterocycles. The third-order valence-electron chi connectivity index (χ3n) is 13.6. The van der Waals surface area contributed by atoms with Crippen molar-refractivity contribution in [3.63, 3.8) is 0 Å². The third-order valence-corrected chi connectivity index (χ3v) is 14.7. The Bertz CT molecular complexity index is 3270. The van der Waals surface area contributed by atoms with Gasteiger partial charge in [-0.25, -0.2) is 0 Å². The van der Waals surface area contributed by atoms with E-state index in [0.717, 1.165) is 25.0 Å². The maximum absolute atomic E-state index is 4.85. The summed E-state index contributed by atoms with van der Waals surface area (Å²) in [4.78, 5) is 0. The second-order valence-electron chi connectivity index (χ2n) is 16.3. The number of rotatable bonds is 0. The van der Waals surface area contributed by atoms with Crippen LogP contribution in [-0.4, -0.2) is 4.40 Å². The minimum Gasteiger partial charge on any atom is -0.308 e. The summed E-state index contributed by atoms with van der Waals surface area (Å²) < 4.78 is 10.3. The molecule has 2 aliphatic rings. The van der Waals surface area contributed by atoms with Crippen molar-refractivity contribution in [2.24, 2.45) is 0 Å². The third kappa shape index (κ3) is 3.72. The molecule has 0 spiro atoms. The molecule has 12 rings (SSSR count). The first-order chi connectivity index (χ1) is 26.3. The molecule has 3 nitrogen and oxygen atoms in total. The predicted octanol–water partition coefficient (Wildman–Crippen LogP) is 11.9. The fourth-order valence-electron chi connectivity index (χ4n) is 10.8. The van der Waals surface area contributed by atoms with Gasteiger partial charge in [-0.3, -0.25) is 0 Å². The molecule has 0 saturated heterocycles. The van der Waals surface area contributed by atoms with Crippen LogP contribution in [-0.2, 0) is 17.4 Å². The Morgan fingerprint density at radius 2 is 1.48 bits per heavy atom. The maximum Gasteiger partial charge on any atom is 0.218 e. The second-order valence-corrected chi connectivity index (χ2v) is 17.4. The van der Waals surface area contributed by atoms with Crippen LogP contribution in [0.5, 0.6) is 0 Å². The zero-order valence-electron chi connectivity index (χ0n) is 30.8. The molecule has 2 unspecified atom stereocenters. The number of para-hydroxylation sites is 1. The summed E-state index contributed by atoms with van der Waals surface area (Å²) in [5, 5.41) is 8.13. The Balaban J connectivity index is 1.23. The molecule has 54 heavy (non-hydrogen) atoms. The molecule has 0 amide bonds. The van der Waals surface area contributed by atoms with Gasteiger partial charge in [-0.15, -0.1) is 11.3 Å². The minimum absolute atomic E-state index is 0.243. The average molecular weight is 714 g/mol. The van der Waals surface area contributed by atoms with Gasteiger partial charge in [-0.1, -0.05) is 54.6 Å². The molecule has 5 aromatic heterocycles. The minimum atomic E-state index is -0.310. The summed E-state index contributed by atoms with van der Waals surface area (Å²) >= 11 is 1.92. The fraction of sp³-hybridized carbons (Fsp3) is 0.160. The summed E-state index contributed by atoms with van der Waals surface area (Å²) in [6, 6.07) is 45.9. The number of pyridine rings is 2. The summed E-state index contributed by atoms with van der Waals surface area (Å²) in [6.07, 6.45) is 7.40. The maximum atomic E-state index is 4.85. The normalized spacial score (nSPS) is 19.7. The lowest BCUT2D eigenvalue weighted by atomic mass is 9.59. The zero-order chi connectivity index (χ0) is 36.1. The number of hydrogen-bond acceptors (Lipinski definition) is 1. The van der Waals surface area contributed by atoms with Gasteiger partial charge in [0.1, 0.15) is 0 Å². The lowest BCUT2D eigenvalue weighted by molar-refractivity contribution is -0.766. The molecule has 5 aromatic carbocycles. The molecule has 0 fully saturated rings. The van der Waals surface area contributed by atoms with Gasteiger partial charge in [-0.2, -0.15) is 9.13 Å². The highest BCUT2D eigenvalue weighted by Crippen LogP contribution is 2.55. The fourth-order valence-corrected chi connectivity index (χ4v) is 11.9. The van der Waals surface area contributed by atoms with E-state index in [9.17, 15) is 0 Å². The first-order valence-electron chi connectivity index (χ1n) is 19.2. The highest BCUT2D eigenvalue weighted by molar-refractivity contribution is 7.26. The van der Waals surface area contributed by atoms with Gasteiger partial charge in [0.2, 0.25) is 11.4 Å².